The fraction of sp³-hybridized carbons (Fsp3) is 0.538. The predicted octanol–water partition coefficient (Wildman–Crippen LogP) is 2.38. The Labute approximate surface area is 95.3 Å². The van der Waals surface area contributed by atoms with Crippen molar-refractivity contribution in [3.63, 3.8) is 0 Å². The maximum absolute atomic E-state index is 13.5. The van der Waals surface area contributed by atoms with Crippen LogP contribution in [0, 0.1) is 11.7 Å². The number of hydrogen-bond acceptors (Lipinski definition) is 2. The Balaban J connectivity index is 2.11. The van der Waals surface area contributed by atoms with Crippen LogP contribution in [0.5, 0.6) is 0 Å². The smallest absolute Gasteiger partial charge is 0.128 e. The maximum Gasteiger partial charge on any atom is 0.128 e. The van der Waals surface area contributed by atoms with Crippen LogP contribution in [-0.4, -0.2) is 11.2 Å². The standard InChI is InChI=1S/C13H18FNO/c14-11-8-4-3-7-10(11)12(15)13(16)9-5-1-2-6-9/h3-4,7-9,12-13,16H,1-2,5-6,15H2/t12-,13+/m1/s1. The van der Waals surface area contributed by atoms with Crippen LogP contribution in [0.1, 0.15) is 37.3 Å². The van der Waals surface area contributed by atoms with Crippen LogP contribution >= 0.6 is 0 Å². The Bertz CT molecular complexity index is 350. The van der Waals surface area contributed by atoms with Crippen LogP contribution in [0.2, 0.25) is 0 Å². The number of nitrogens with two attached hydrogens (primary N) is 1. The molecule has 1 saturated carbocycles. The highest BCUT2D eigenvalue weighted by Crippen LogP contribution is 2.32. The molecule has 2 rings (SSSR count). The highest BCUT2D eigenvalue weighted by atomic mass is 19.1. The predicted molar refractivity (Wildman–Crippen MR) is 61.3 cm³/mol. The molecule has 0 unspecified atom stereocenters. The zero-order valence-corrected chi connectivity index (χ0v) is 9.27. The third-order valence-electron chi connectivity index (χ3n) is 3.52. The molecule has 0 saturated heterocycles. The van der Waals surface area contributed by atoms with Crippen LogP contribution in [0.15, 0.2) is 24.3 Å². The van der Waals surface area contributed by atoms with Crippen LogP contribution < -0.4 is 5.73 Å². The fourth-order valence-corrected chi connectivity index (χ4v) is 2.52. The molecule has 3 heteroatoms. The number of aliphatic hydroxyl groups excluding tert-OH is 1. The minimum Gasteiger partial charge on any atom is -0.391 e. The van der Waals surface area contributed by atoms with E-state index < -0.39 is 12.1 Å². The van der Waals surface area contributed by atoms with Gasteiger partial charge in [0.1, 0.15) is 5.82 Å². The summed E-state index contributed by atoms with van der Waals surface area (Å²) < 4.78 is 13.5. The zero-order chi connectivity index (χ0) is 11.5. The van der Waals surface area contributed by atoms with Crippen LogP contribution in [-0.2, 0) is 0 Å². The molecule has 0 amide bonds. The van der Waals surface area contributed by atoms with Gasteiger partial charge in [0.25, 0.3) is 0 Å². The lowest BCUT2D eigenvalue weighted by Crippen LogP contribution is -2.32. The molecule has 2 nitrogen and oxygen atoms in total. The van der Waals surface area contributed by atoms with Gasteiger partial charge in [-0.3, -0.25) is 0 Å². The summed E-state index contributed by atoms with van der Waals surface area (Å²) >= 11 is 0. The van der Waals surface area contributed by atoms with E-state index in [0.29, 0.717) is 5.56 Å². The fourth-order valence-electron chi connectivity index (χ4n) is 2.52. The van der Waals surface area contributed by atoms with E-state index in [2.05, 4.69) is 0 Å². The molecular formula is C13H18FNO. The molecule has 1 aromatic carbocycles. The largest absolute Gasteiger partial charge is 0.391 e. The first-order valence-electron chi connectivity index (χ1n) is 5.88. The molecule has 1 aliphatic rings. The molecule has 1 aromatic rings. The Kier molecular flexibility index (Phi) is 3.56. The van der Waals surface area contributed by atoms with Gasteiger partial charge in [0.05, 0.1) is 12.1 Å². The third-order valence-corrected chi connectivity index (χ3v) is 3.52. The molecule has 0 aromatic heterocycles. The molecule has 3 N–H and O–H groups in total. The van der Waals surface area contributed by atoms with Crippen molar-refractivity contribution < 1.29 is 9.50 Å². The van der Waals surface area contributed by atoms with Crippen molar-refractivity contribution >= 4 is 0 Å². The summed E-state index contributed by atoms with van der Waals surface area (Å²) in [6, 6.07) is 5.81. The van der Waals surface area contributed by atoms with Crippen LogP contribution in [0.4, 0.5) is 4.39 Å². The lowest BCUT2D eigenvalue weighted by molar-refractivity contribution is 0.0833. The molecule has 0 bridgehead atoms. The van der Waals surface area contributed by atoms with Gasteiger partial charge in [-0.25, -0.2) is 4.39 Å². The average molecular weight is 223 g/mol. The molecule has 0 spiro atoms. The molecule has 0 heterocycles. The van der Waals surface area contributed by atoms with Gasteiger partial charge in [-0.15, -0.1) is 0 Å². The van der Waals surface area contributed by atoms with E-state index in [4.69, 9.17) is 5.73 Å². The van der Waals surface area contributed by atoms with Crippen molar-refractivity contribution in [2.45, 2.75) is 37.8 Å². The highest BCUT2D eigenvalue weighted by molar-refractivity contribution is 5.22. The summed E-state index contributed by atoms with van der Waals surface area (Å²) in [4.78, 5) is 0. The first-order chi connectivity index (χ1) is 7.70. The van der Waals surface area contributed by atoms with E-state index >= 15 is 0 Å². The summed E-state index contributed by atoms with van der Waals surface area (Å²) in [5, 5.41) is 10.1. The molecule has 2 atom stereocenters. The number of benzene rings is 1. The van der Waals surface area contributed by atoms with Crippen molar-refractivity contribution in [2.24, 2.45) is 11.7 Å². The maximum atomic E-state index is 13.5. The van der Waals surface area contributed by atoms with Crippen molar-refractivity contribution in [3.8, 4) is 0 Å². The SMILES string of the molecule is N[C@H](c1ccccc1F)[C@@H](O)C1CCCC1. The molecule has 0 radical (unpaired) electrons. The number of rotatable bonds is 3. The Hall–Kier alpha value is -0.930. The summed E-state index contributed by atoms with van der Waals surface area (Å²) in [5.41, 5.74) is 6.35. The summed E-state index contributed by atoms with van der Waals surface area (Å²) in [6.07, 6.45) is 3.67. The van der Waals surface area contributed by atoms with E-state index in [0.717, 1.165) is 25.7 Å². The summed E-state index contributed by atoms with van der Waals surface area (Å²) in [7, 11) is 0. The molecule has 0 aliphatic heterocycles. The first kappa shape index (κ1) is 11.6. The highest BCUT2D eigenvalue weighted by Gasteiger charge is 2.29. The van der Waals surface area contributed by atoms with Gasteiger partial charge in [0.2, 0.25) is 0 Å². The second-order valence-electron chi connectivity index (χ2n) is 4.58. The van der Waals surface area contributed by atoms with Crippen LogP contribution in [0.3, 0.4) is 0 Å². The normalized spacial score (nSPS) is 20.9. The monoisotopic (exact) mass is 223 g/mol. The zero-order valence-electron chi connectivity index (χ0n) is 9.27. The Morgan fingerprint density at radius 1 is 1.25 bits per heavy atom. The van der Waals surface area contributed by atoms with Gasteiger partial charge in [0, 0.05) is 5.56 Å². The molecule has 1 fully saturated rings. The molecule has 1 aliphatic carbocycles. The van der Waals surface area contributed by atoms with E-state index in [9.17, 15) is 9.50 Å². The second-order valence-corrected chi connectivity index (χ2v) is 4.58. The van der Waals surface area contributed by atoms with Crippen molar-refractivity contribution in [1.82, 2.24) is 0 Å². The van der Waals surface area contributed by atoms with Gasteiger partial charge < -0.3 is 10.8 Å². The number of halogens is 1. The average Bonchev–Trinajstić information content (AvgIpc) is 2.81. The van der Waals surface area contributed by atoms with Crippen molar-refractivity contribution in [1.29, 1.82) is 0 Å². The molecular weight excluding hydrogens is 205 g/mol. The van der Waals surface area contributed by atoms with E-state index in [1.807, 2.05) is 0 Å². The number of aliphatic hydroxyl groups is 1. The van der Waals surface area contributed by atoms with Gasteiger partial charge in [-0.2, -0.15) is 0 Å². The van der Waals surface area contributed by atoms with E-state index in [1.54, 1.807) is 18.2 Å². The lowest BCUT2D eigenvalue weighted by Gasteiger charge is -2.24. The quantitative estimate of drug-likeness (QED) is 0.826. The lowest BCUT2D eigenvalue weighted by atomic mass is 9.91. The van der Waals surface area contributed by atoms with Gasteiger partial charge in [0.15, 0.2) is 0 Å². The minimum atomic E-state index is -0.626. The third kappa shape index (κ3) is 2.25. The van der Waals surface area contributed by atoms with Gasteiger partial charge >= 0.3 is 0 Å². The first-order valence-corrected chi connectivity index (χ1v) is 5.88. The summed E-state index contributed by atoms with van der Waals surface area (Å²) in [5.74, 6) is -0.0957. The molecule has 88 valence electrons. The van der Waals surface area contributed by atoms with E-state index in [1.165, 1.54) is 6.07 Å². The van der Waals surface area contributed by atoms with Gasteiger partial charge in [-0.05, 0) is 24.8 Å². The minimum absolute atomic E-state index is 0.231. The second kappa shape index (κ2) is 4.93. The Morgan fingerprint density at radius 3 is 2.50 bits per heavy atom. The number of hydrogen-bond donors (Lipinski definition) is 2. The van der Waals surface area contributed by atoms with Crippen molar-refractivity contribution in [2.75, 3.05) is 0 Å². The van der Waals surface area contributed by atoms with Crippen LogP contribution in [0.25, 0.3) is 0 Å². The van der Waals surface area contributed by atoms with E-state index in [-0.39, 0.29) is 11.7 Å². The molecule has 16 heavy (non-hydrogen) atoms. The summed E-state index contributed by atoms with van der Waals surface area (Å²) in [6.45, 7) is 0. The van der Waals surface area contributed by atoms with Crippen molar-refractivity contribution in [3.05, 3.63) is 35.6 Å². The van der Waals surface area contributed by atoms with Gasteiger partial charge in [-0.1, -0.05) is 31.0 Å². The Morgan fingerprint density at radius 2 is 1.88 bits per heavy atom. The topological polar surface area (TPSA) is 46.2 Å².